The number of hydrogen-bond acceptors (Lipinski definition) is 3. The standard InChI is InChI=1S/C15H20FNO3/c1-15(2)8-11(19)5-6-17(9-15)14(20)12-7-10(18)3-4-13(12)16/h3-4,7,11,18-19H,5-6,8-9H2,1-2H3. The molecule has 4 nitrogen and oxygen atoms in total. The monoisotopic (exact) mass is 281 g/mol. The van der Waals surface area contributed by atoms with Gasteiger partial charge < -0.3 is 15.1 Å². The van der Waals surface area contributed by atoms with E-state index in [1.54, 1.807) is 4.90 Å². The number of aliphatic hydroxyl groups is 1. The summed E-state index contributed by atoms with van der Waals surface area (Å²) in [6.07, 6.45) is 0.645. The normalized spacial score (nSPS) is 22.4. The molecule has 0 bridgehead atoms. The highest BCUT2D eigenvalue weighted by molar-refractivity contribution is 5.95. The zero-order valence-electron chi connectivity index (χ0n) is 11.8. The molecule has 0 aliphatic carbocycles. The smallest absolute Gasteiger partial charge is 0.256 e. The number of likely N-dealkylation sites (tertiary alicyclic amines) is 1. The first-order chi connectivity index (χ1) is 9.28. The van der Waals surface area contributed by atoms with E-state index in [9.17, 15) is 19.4 Å². The molecular weight excluding hydrogens is 261 g/mol. The number of carbonyl (C=O) groups excluding carboxylic acids is 1. The minimum atomic E-state index is -0.643. The van der Waals surface area contributed by atoms with Gasteiger partial charge in [0.2, 0.25) is 0 Å². The molecule has 110 valence electrons. The highest BCUT2D eigenvalue weighted by Gasteiger charge is 2.32. The Morgan fingerprint density at radius 2 is 2.15 bits per heavy atom. The van der Waals surface area contributed by atoms with Crippen molar-refractivity contribution in [1.82, 2.24) is 4.90 Å². The number of amides is 1. The van der Waals surface area contributed by atoms with Crippen LogP contribution in [-0.2, 0) is 0 Å². The molecule has 0 saturated carbocycles. The van der Waals surface area contributed by atoms with E-state index in [0.717, 1.165) is 12.1 Å². The lowest BCUT2D eigenvalue weighted by Crippen LogP contribution is -2.38. The Morgan fingerprint density at radius 3 is 2.85 bits per heavy atom. The van der Waals surface area contributed by atoms with Crippen molar-refractivity contribution in [2.75, 3.05) is 13.1 Å². The summed E-state index contributed by atoms with van der Waals surface area (Å²) in [5.41, 5.74) is -0.351. The number of nitrogens with zero attached hydrogens (tertiary/aromatic N) is 1. The highest BCUT2D eigenvalue weighted by atomic mass is 19.1. The fourth-order valence-electron chi connectivity index (χ4n) is 2.73. The van der Waals surface area contributed by atoms with Gasteiger partial charge in [0, 0.05) is 13.1 Å². The molecule has 2 N–H and O–H groups in total. The van der Waals surface area contributed by atoms with Crippen LogP contribution in [0.5, 0.6) is 5.75 Å². The third-order valence-electron chi connectivity index (χ3n) is 3.61. The number of benzene rings is 1. The second-order valence-electron chi connectivity index (χ2n) is 6.20. The Morgan fingerprint density at radius 1 is 1.45 bits per heavy atom. The maximum atomic E-state index is 13.7. The van der Waals surface area contributed by atoms with Gasteiger partial charge in [0.05, 0.1) is 11.7 Å². The number of aromatic hydroxyl groups is 1. The van der Waals surface area contributed by atoms with Crippen molar-refractivity contribution in [3.8, 4) is 5.75 Å². The summed E-state index contributed by atoms with van der Waals surface area (Å²) in [6.45, 7) is 4.79. The van der Waals surface area contributed by atoms with Crippen LogP contribution in [0.4, 0.5) is 4.39 Å². The Hall–Kier alpha value is -1.62. The summed E-state index contributed by atoms with van der Waals surface area (Å²) in [4.78, 5) is 14.0. The second-order valence-corrected chi connectivity index (χ2v) is 6.20. The van der Waals surface area contributed by atoms with Gasteiger partial charge in [-0.05, 0) is 36.5 Å². The number of rotatable bonds is 1. The van der Waals surface area contributed by atoms with Gasteiger partial charge in [-0.15, -0.1) is 0 Å². The van der Waals surface area contributed by atoms with Gasteiger partial charge >= 0.3 is 0 Å². The van der Waals surface area contributed by atoms with E-state index in [2.05, 4.69) is 0 Å². The molecule has 5 heteroatoms. The maximum absolute atomic E-state index is 13.7. The second kappa shape index (κ2) is 5.40. The van der Waals surface area contributed by atoms with E-state index in [1.165, 1.54) is 6.07 Å². The van der Waals surface area contributed by atoms with Crippen LogP contribution < -0.4 is 0 Å². The summed E-state index contributed by atoms with van der Waals surface area (Å²) in [5, 5.41) is 19.2. The van der Waals surface area contributed by atoms with Gasteiger partial charge in [-0.1, -0.05) is 13.8 Å². The van der Waals surface area contributed by atoms with Crippen LogP contribution in [0.1, 0.15) is 37.0 Å². The van der Waals surface area contributed by atoms with Crippen LogP contribution in [0.15, 0.2) is 18.2 Å². The Balaban J connectivity index is 2.25. The van der Waals surface area contributed by atoms with Gasteiger partial charge in [0.25, 0.3) is 5.91 Å². The molecule has 0 spiro atoms. The van der Waals surface area contributed by atoms with E-state index < -0.39 is 17.8 Å². The number of halogens is 1. The van der Waals surface area contributed by atoms with E-state index in [1.807, 2.05) is 13.8 Å². The van der Waals surface area contributed by atoms with Crippen molar-refractivity contribution in [3.63, 3.8) is 0 Å². The molecule has 1 saturated heterocycles. The molecule has 1 atom stereocenters. The van der Waals surface area contributed by atoms with Crippen LogP contribution in [0.2, 0.25) is 0 Å². The molecule has 20 heavy (non-hydrogen) atoms. The Bertz CT molecular complexity index is 516. The lowest BCUT2D eigenvalue weighted by atomic mass is 9.87. The average Bonchev–Trinajstić information content (AvgIpc) is 2.49. The number of aliphatic hydroxyl groups excluding tert-OH is 1. The van der Waals surface area contributed by atoms with Crippen molar-refractivity contribution in [2.45, 2.75) is 32.8 Å². The quantitative estimate of drug-likeness (QED) is 0.829. The molecule has 0 radical (unpaired) electrons. The van der Waals surface area contributed by atoms with Crippen LogP contribution >= 0.6 is 0 Å². The lowest BCUT2D eigenvalue weighted by molar-refractivity contribution is 0.0699. The highest BCUT2D eigenvalue weighted by Crippen LogP contribution is 2.29. The zero-order chi connectivity index (χ0) is 14.9. The molecule has 1 aromatic carbocycles. The Kier molecular flexibility index (Phi) is 3.99. The third kappa shape index (κ3) is 3.28. The molecule has 0 aromatic heterocycles. The lowest BCUT2D eigenvalue weighted by Gasteiger charge is -2.29. The summed E-state index contributed by atoms with van der Waals surface area (Å²) in [7, 11) is 0. The van der Waals surface area contributed by atoms with Crippen LogP contribution in [0, 0.1) is 11.2 Å². The van der Waals surface area contributed by atoms with Crippen molar-refractivity contribution < 1.29 is 19.4 Å². The molecule has 1 fully saturated rings. The topological polar surface area (TPSA) is 60.8 Å². The van der Waals surface area contributed by atoms with Crippen molar-refractivity contribution in [3.05, 3.63) is 29.6 Å². The first-order valence-electron chi connectivity index (χ1n) is 6.74. The molecule has 1 heterocycles. The third-order valence-corrected chi connectivity index (χ3v) is 3.61. The minimum absolute atomic E-state index is 0.128. The van der Waals surface area contributed by atoms with Crippen LogP contribution in [-0.4, -0.2) is 40.2 Å². The minimum Gasteiger partial charge on any atom is -0.508 e. The molecule has 1 aromatic rings. The first kappa shape index (κ1) is 14.8. The van der Waals surface area contributed by atoms with Crippen molar-refractivity contribution >= 4 is 5.91 Å². The van der Waals surface area contributed by atoms with Gasteiger partial charge in [-0.25, -0.2) is 4.39 Å². The van der Waals surface area contributed by atoms with Crippen LogP contribution in [0.3, 0.4) is 0 Å². The molecule has 2 rings (SSSR count). The van der Waals surface area contributed by atoms with Crippen molar-refractivity contribution in [1.29, 1.82) is 0 Å². The van der Waals surface area contributed by atoms with Gasteiger partial charge in [-0.2, -0.15) is 0 Å². The zero-order valence-corrected chi connectivity index (χ0v) is 11.8. The predicted molar refractivity (Wildman–Crippen MR) is 73.0 cm³/mol. The number of phenolic OH excluding ortho intramolecular Hbond substituents is 1. The average molecular weight is 281 g/mol. The fourth-order valence-corrected chi connectivity index (χ4v) is 2.73. The summed E-state index contributed by atoms with van der Waals surface area (Å²) >= 11 is 0. The first-order valence-corrected chi connectivity index (χ1v) is 6.74. The molecular formula is C15H20FNO3. The number of carbonyl (C=O) groups is 1. The maximum Gasteiger partial charge on any atom is 0.256 e. The largest absolute Gasteiger partial charge is 0.508 e. The van der Waals surface area contributed by atoms with E-state index in [0.29, 0.717) is 25.9 Å². The fraction of sp³-hybridized carbons (Fsp3) is 0.533. The molecule has 1 amide bonds. The van der Waals surface area contributed by atoms with E-state index >= 15 is 0 Å². The van der Waals surface area contributed by atoms with Crippen LogP contribution in [0.25, 0.3) is 0 Å². The Labute approximate surface area is 117 Å². The number of phenols is 1. The van der Waals surface area contributed by atoms with Gasteiger partial charge in [0.1, 0.15) is 11.6 Å². The molecule has 1 aliphatic rings. The van der Waals surface area contributed by atoms with E-state index in [-0.39, 0.29) is 16.7 Å². The van der Waals surface area contributed by atoms with E-state index in [4.69, 9.17) is 0 Å². The van der Waals surface area contributed by atoms with Crippen molar-refractivity contribution in [2.24, 2.45) is 5.41 Å². The summed E-state index contributed by atoms with van der Waals surface area (Å²) in [5.74, 6) is -1.22. The molecule has 1 aliphatic heterocycles. The molecule has 1 unspecified atom stereocenters. The number of hydrogen-bond donors (Lipinski definition) is 2. The van der Waals surface area contributed by atoms with Gasteiger partial charge in [-0.3, -0.25) is 4.79 Å². The SMILES string of the molecule is CC1(C)CC(O)CCN(C(=O)c2cc(O)ccc2F)C1. The predicted octanol–water partition coefficient (Wildman–Crippen LogP) is 2.15. The summed E-state index contributed by atoms with van der Waals surface area (Å²) in [6, 6.07) is 3.44. The summed E-state index contributed by atoms with van der Waals surface area (Å²) < 4.78 is 13.7. The van der Waals surface area contributed by atoms with Gasteiger partial charge in [0.15, 0.2) is 0 Å².